The fraction of sp³-hybridized carbons (Fsp3) is 0.190. The zero-order valence-corrected chi connectivity index (χ0v) is 15.6. The number of ketones is 1. The first-order valence-electron chi connectivity index (χ1n) is 8.45. The lowest BCUT2D eigenvalue weighted by molar-refractivity contribution is -0.136. The van der Waals surface area contributed by atoms with E-state index in [1.165, 1.54) is 27.4 Å². The highest BCUT2D eigenvalue weighted by atomic mass is 16.5. The van der Waals surface area contributed by atoms with Gasteiger partial charge in [-0.2, -0.15) is 0 Å². The van der Waals surface area contributed by atoms with E-state index in [1.54, 1.807) is 42.5 Å². The normalized spacial score (nSPS) is 18.0. The Morgan fingerprint density at radius 2 is 1.54 bits per heavy atom. The molecule has 1 fully saturated rings. The van der Waals surface area contributed by atoms with Crippen LogP contribution in [0.15, 0.2) is 48.0 Å². The quantitative estimate of drug-likeness (QED) is 0.369. The van der Waals surface area contributed by atoms with Crippen LogP contribution in [0.2, 0.25) is 0 Å². The van der Waals surface area contributed by atoms with E-state index in [-0.39, 0.29) is 5.57 Å². The van der Waals surface area contributed by atoms with Crippen LogP contribution in [-0.2, 0) is 14.4 Å². The fourth-order valence-electron chi connectivity index (χ4n) is 2.98. The molecule has 0 radical (unpaired) electrons. The van der Waals surface area contributed by atoms with Gasteiger partial charge in [-0.1, -0.05) is 18.2 Å². The number of carbonyl (C=O) groups excluding carboxylic acids is 3. The Morgan fingerprint density at radius 1 is 0.857 bits per heavy atom. The number of hydrogen-bond acceptors (Lipinski definition) is 6. The minimum absolute atomic E-state index is 0.104. The molecule has 7 nitrogen and oxygen atoms in total. The van der Waals surface area contributed by atoms with Crippen molar-refractivity contribution in [3.8, 4) is 17.2 Å². The van der Waals surface area contributed by atoms with Crippen molar-refractivity contribution < 1.29 is 28.6 Å². The van der Waals surface area contributed by atoms with Crippen molar-refractivity contribution in [3.05, 3.63) is 59.2 Å². The van der Waals surface area contributed by atoms with Gasteiger partial charge in [0.2, 0.25) is 5.91 Å². The molecule has 1 saturated heterocycles. The highest BCUT2D eigenvalue weighted by Crippen LogP contribution is 2.31. The molecular formula is C21H19NO6. The Labute approximate surface area is 161 Å². The molecule has 28 heavy (non-hydrogen) atoms. The predicted molar refractivity (Wildman–Crippen MR) is 101 cm³/mol. The second kappa shape index (κ2) is 7.96. The molecule has 1 heterocycles. The number of carbonyl (C=O) groups is 3. The largest absolute Gasteiger partial charge is 0.497 e. The van der Waals surface area contributed by atoms with Crippen LogP contribution in [0.3, 0.4) is 0 Å². The average molecular weight is 381 g/mol. The van der Waals surface area contributed by atoms with Crippen LogP contribution >= 0.6 is 0 Å². The first kappa shape index (κ1) is 19.2. The van der Waals surface area contributed by atoms with Gasteiger partial charge in [-0.3, -0.25) is 19.7 Å². The van der Waals surface area contributed by atoms with Crippen LogP contribution in [0.25, 0.3) is 6.08 Å². The Kier molecular flexibility index (Phi) is 5.44. The molecule has 0 spiro atoms. The maximum atomic E-state index is 12.9. The molecule has 0 unspecified atom stereocenters. The molecule has 144 valence electrons. The highest BCUT2D eigenvalue weighted by molar-refractivity contribution is 6.36. The van der Waals surface area contributed by atoms with Crippen LogP contribution < -0.4 is 19.5 Å². The van der Waals surface area contributed by atoms with Gasteiger partial charge in [-0.05, 0) is 41.5 Å². The van der Waals surface area contributed by atoms with Crippen LogP contribution in [-0.4, -0.2) is 38.9 Å². The smallest absolute Gasteiger partial charge is 0.261 e. The summed E-state index contributed by atoms with van der Waals surface area (Å²) in [5.41, 5.74) is 0.945. The first-order chi connectivity index (χ1) is 13.5. The van der Waals surface area contributed by atoms with Gasteiger partial charge in [0.25, 0.3) is 5.91 Å². The minimum atomic E-state index is -1.10. The monoisotopic (exact) mass is 381 g/mol. The lowest BCUT2D eigenvalue weighted by Crippen LogP contribution is -2.46. The van der Waals surface area contributed by atoms with Gasteiger partial charge >= 0.3 is 0 Å². The average Bonchev–Trinajstić information content (AvgIpc) is 2.71. The van der Waals surface area contributed by atoms with E-state index in [2.05, 4.69) is 5.32 Å². The lowest BCUT2D eigenvalue weighted by Gasteiger charge is -2.22. The number of Topliss-reactive ketones (excluding diaryl/α,β-unsaturated/α-hetero) is 1. The summed E-state index contributed by atoms with van der Waals surface area (Å²) < 4.78 is 15.5. The van der Waals surface area contributed by atoms with E-state index in [4.69, 9.17) is 14.2 Å². The summed E-state index contributed by atoms with van der Waals surface area (Å²) in [5, 5.41) is 2.25. The van der Waals surface area contributed by atoms with E-state index >= 15 is 0 Å². The van der Waals surface area contributed by atoms with Gasteiger partial charge in [0.15, 0.2) is 17.3 Å². The van der Waals surface area contributed by atoms with Crippen molar-refractivity contribution in [1.82, 2.24) is 5.32 Å². The van der Waals surface area contributed by atoms with E-state index in [1.807, 2.05) is 0 Å². The maximum Gasteiger partial charge on any atom is 0.261 e. The van der Waals surface area contributed by atoms with Crippen molar-refractivity contribution in [1.29, 1.82) is 0 Å². The van der Waals surface area contributed by atoms with E-state index < -0.39 is 23.5 Å². The Hall–Kier alpha value is -3.61. The van der Waals surface area contributed by atoms with E-state index in [9.17, 15) is 14.4 Å². The molecule has 0 aromatic heterocycles. The number of ether oxygens (including phenoxy) is 3. The lowest BCUT2D eigenvalue weighted by atomic mass is 9.85. The van der Waals surface area contributed by atoms with Gasteiger partial charge in [-0.15, -0.1) is 0 Å². The van der Waals surface area contributed by atoms with E-state index in [0.29, 0.717) is 28.4 Å². The number of amides is 2. The molecule has 2 amide bonds. The van der Waals surface area contributed by atoms with E-state index in [0.717, 1.165) is 0 Å². The van der Waals surface area contributed by atoms with Crippen LogP contribution in [0.1, 0.15) is 17.0 Å². The summed E-state index contributed by atoms with van der Waals surface area (Å²) in [7, 11) is 4.53. The third kappa shape index (κ3) is 3.59. The number of rotatable bonds is 5. The molecule has 0 saturated carbocycles. The Balaban J connectivity index is 1.98. The zero-order chi connectivity index (χ0) is 20.3. The van der Waals surface area contributed by atoms with Crippen molar-refractivity contribution in [2.45, 2.75) is 5.92 Å². The Bertz CT molecular complexity index is 961. The van der Waals surface area contributed by atoms with Crippen molar-refractivity contribution in [3.63, 3.8) is 0 Å². The summed E-state index contributed by atoms with van der Waals surface area (Å²) >= 11 is 0. The van der Waals surface area contributed by atoms with Crippen LogP contribution in [0.5, 0.6) is 17.2 Å². The zero-order valence-electron chi connectivity index (χ0n) is 15.6. The van der Waals surface area contributed by atoms with Crippen molar-refractivity contribution in [2.24, 2.45) is 0 Å². The van der Waals surface area contributed by atoms with Gasteiger partial charge in [0.1, 0.15) is 11.7 Å². The Morgan fingerprint density at radius 3 is 2.14 bits per heavy atom. The number of methoxy groups -OCH3 is 3. The SMILES string of the molecule is COc1ccc([C@H]2C(=O)NC(=O)/C(=C\c3ccc(OC)c(OC)c3)C2=O)cc1. The van der Waals surface area contributed by atoms with Crippen LogP contribution in [0.4, 0.5) is 0 Å². The molecule has 3 rings (SSSR count). The first-order valence-corrected chi connectivity index (χ1v) is 8.45. The van der Waals surface area contributed by atoms with Gasteiger partial charge in [-0.25, -0.2) is 0 Å². The summed E-state index contributed by atoms with van der Waals surface area (Å²) in [6, 6.07) is 11.6. The fourth-order valence-corrected chi connectivity index (χ4v) is 2.98. The number of nitrogens with one attached hydrogen (secondary N) is 1. The molecule has 1 aliphatic rings. The summed E-state index contributed by atoms with van der Waals surface area (Å²) in [6.07, 6.45) is 1.43. The summed E-state index contributed by atoms with van der Waals surface area (Å²) in [4.78, 5) is 37.5. The molecule has 1 N–H and O–H groups in total. The topological polar surface area (TPSA) is 90.9 Å². The van der Waals surface area contributed by atoms with Crippen molar-refractivity contribution >= 4 is 23.7 Å². The second-order valence-electron chi connectivity index (χ2n) is 6.06. The van der Waals surface area contributed by atoms with Gasteiger partial charge in [0, 0.05) is 0 Å². The van der Waals surface area contributed by atoms with Gasteiger partial charge in [0.05, 0.1) is 26.9 Å². The molecule has 1 atom stereocenters. The molecule has 2 aromatic carbocycles. The molecule has 0 aliphatic carbocycles. The molecule has 0 bridgehead atoms. The number of hydrogen-bond donors (Lipinski definition) is 1. The standard InChI is InChI=1S/C21H19NO6/c1-26-14-7-5-13(6-8-14)18-19(23)15(20(24)22-21(18)25)10-12-4-9-16(27-2)17(11-12)28-3/h4-11,18H,1-3H3,(H,22,24,25)/b15-10-/t18-/m1/s1. The third-order valence-electron chi connectivity index (χ3n) is 4.44. The number of imide groups is 1. The summed E-state index contributed by atoms with van der Waals surface area (Å²) in [5.74, 6) is -1.45. The van der Waals surface area contributed by atoms with Crippen LogP contribution in [0, 0.1) is 0 Å². The second-order valence-corrected chi connectivity index (χ2v) is 6.06. The maximum absolute atomic E-state index is 12.9. The minimum Gasteiger partial charge on any atom is -0.497 e. The summed E-state index contributed by atoms with van der Waals surface area (Å²) in [6.45, 7) is 0. The number of piperidine rings is 1. The molecule has 7 heteroatoms. The number of benzene rings is 2. The molecule has 2 aromatic rings. The molecular weight excluding hydrogens is 362 g/mol. The third-order valence-corrected chi connectivity index (χ3v) is 4.44. The molecule has 1 aliphatic heterocycles. The van der Waals surface area contributed by atoms with Crippen molar-refractivity contribution in [2.75, 3.05) is 21.3 Å². The highest BCUT2D eigenvalue weighted by Gasteiger charge is 2.39. The van der Waals surface area contributed by atoms with Gasteiger partial charge < -0.3 is 14.2 Å². The predicted octanol–water partition coefficient (Wildman–Crippen LogP) is 2.11.